The molecule has 1 aromatic carbocycles. The highest BCUT2D eigenvalue weighted by molar-refractivity contribution is 5.86. The molecule has 0 bridgehead atoms. The van der Waals surface area contributed by atoms with Gasteiger partial charge in [-0.1, -0.05) is 6.07 Å². The summed E-state index contributed by atoms with van der Waals surface area (Å²) in [6.07, 6.45) is 0. The van der Waals surface area contributed by atoms with Crippen molar-refractivity contribution < 1.29 is 4.79 Å². The molecule has 1 aromatic rings. The fourth-order valence-electron chi connectivity index (χ4n) is 2.01. The Morgan fingerprint density at radius 3 is 3.12 bits per heavy atom. The zero-order valence-corrected chi connectivity index (χ0v) is 9.39. The highest BCUT2D eigenvalue weighted by Gasteiger charge is 2.28. The van der Waals surface area contributed by atoms with E-state index in [1.807, 2.05) is 17.0 Å². The molecule has 1 saturated heterocycles. The van der Waals surface area contributed by atoms with Crippen LogP contribution in [-0.4, -0.2) is 31.6 Å². The Hall–Kier alpha value is -2.06. The number of hydrogen-bond donors (Lipinski definition) is 2. The summed E-state index contributed by atoms with van der Waals surface area (Å²) in [7, 11) is 0. The molecule has 0 aliphatic carbocycles. The lowest BCUT2D eigenvalue weighted by molar-refractivity contribution is -0.123. The Bertz CT molecular complexity index is 466. The van der Waals surface area contributed by atoms with Crippen LogP contribution in [0.3, 0.4) is 0 Å². The Kier molecular flexibility index (Phi) is 3.26. The molecular formula is C12H14N4O. The molecule has 0 aromatic heterocycles. The molecule has 0 saturated carbocycles. The van der Waals surface area contributed by atoms with Crippen molar-refractivity contribution in [3.63, 3.8) is 0 Å². The van der Waals surface area contributed by atoms with E-state index in [4.69, 9.17) is 11.0 Å². The van der Waals surface area contributed by atoms with E-state index >= 15 is 0 Å². The van der Waals surface area contributed by atoms with Crippen molar-refractivity contribution in [2.24, 2.45) is 5.73 Å². The van der Waals surface area contributed by atoms with Crippen molar-refractivity contribution in [3.05, 3.63) is 29.8 Å². The summed E-state index contributed by atoms with van der Waals surface area (Å²) in [6.45, 7) is 1.58. The molecule has 1 fully saturated rings. The lowest BCUT2D eigenvalue weighted by Gasteiger charge is -2.36. The lowest BCUT2D eigenvalue weighted by atomic mass is 10.1. The van der Waals surface area contributed by atoms with Gasteiger partial charge in [-0.15, -0.1) is 0 Å². The minimum absolute atomic E-state index is 0.0545. The predicted molar refractivity (Wildman–Crippen MR) is 64.4 cm³/mol. The number of piperazine rings is 1. The molecule has 17 heavy (non-hydrogen) atoms. The number of nitrogens with two attached hydrogens (primary N) is 1. The first-order valence-corrected chi connectivity index (χ1v) is 5.51. The van der Waals surface area contributed by atoms with E-state index in [0.29, 0.717) is 18.7 Å². The van der Waals surface area contributed by atoms with Crippen LogP contribution in [0, 0.1) is 11.3 Å². The van der Waals surface area contributed by atoms with Crippen LogP contribution >= 0.6 is 0 Å². The van der Waals surface area contributed by atoms with Crippen LogP contribution in [0.25, 0.3) is 0 Å². The van der Waals surface area contributed by atoms with Crippen LogP contribution in [0.5, 0.6) is 0 Å². The standard InChI is InChI=1S/C12H14N4O/c13-7-9-2-1-3-10(6-9)16-5-4-15-12(17)11(16)8-14/h1-3,6,11H,4-5,8,14H2,(H,15,17). The molecule has 0 spiro atoms. The fourth-order valence-corrected chi connectivity index (χ4v) is 2.01. The zero-order valence-electron chi connectivity index (χ0n) is 9.39. The van der Waals surface area contributed by atoms with Crippen molar-refractivity contribution in [1.82, 2.24) is 5.32 Å². The summed E-state index contributed by atoms with van der Waals surface area (Å²) < 4.78 is 0. The Balaban J connectivity index is 2.31. The number of nitriles is 1. The summed E-state index contributed by atoms with van der Waals surface area (Å²) in [6, 6.07) is 8.97. The van der Waals surface area contributed by atoms with E-state index in [1.54, 1.807) is 12.1 Å². The highest BCUT2D eigenvalue weighted by Crippen LogP contribution is 2.19. The first-order chi connectivity index (χ1) is 8.26. The molecule has 2 rings (SSSR count). The lowest BCUT2D eigenvalue weighted by Crippen LogP contribution is -2.58. The number of nitrogens with zero attached hydrogens (tertiary/aromatic N) is 2. The summed E-state index contributed by atoms with van der Waals surface area (Å²) in [4.78, 5) is 13.6. The number of anilines is 1. The second kappa shape index (κ2) is 4.85. The number of benzene rings is 1. The second-order valence-electron chi connectivity index (χ2n) is 3.90. The molecule has 5 heteroatoms. The van der Waals surface area contributed by atoms with Gasteiger partial charge in [0, 0.05) is 25.3 Å². The number of carbonyl (C=O) groups is 1. The third-order valence-corrected chi connectivity index (χ3v) is 2.86. The first kappa shape index (κ1) is 11.4. The Morgan fingerprint density at radius 1 is 1.59 bits per heavy atom. The van der Waals surface area contributed by atoms with Crippen molar-refractivity contribution in [2.75, 3.05) is 24.5 Å². The maximum Gasteiger partial charge on any atom is 0.244 e. The van der Waals surface area contributed by atoms with Gasteiger partial charge in [0.2, 0.25) is 5.91 Å². The summed E-state index contributed by atoms with van der Waals surface area (Å²) in [5.74, 6) is -0.0545. The number of nitrogens with one attached hydrogen (secondary N) is 1. The zero-order chi connectivity index (χ0) is 12.3. The van der Waals surface area contributed by atoms with Gasteiger partial charge in [-0.25, -0.2) is 0 Å². The van der Waals surface area contributed by atoms with Crippen molar-refractivity contribution in [2.45, 2.75) is 6.04 Å². The second-order valence-corrected chi connectivity index (χ2v) is 3.90. The van der Waals surface area contributed by atoms with Gasteiger partial charge in [0.05, 0.1) is 11.6 Å². The normalized spacial score (nSPS) is 19.6. The average Bonchev–Trinajstić information content (AvgIpc) is 2.38. The quantitative estimate of drug-likeness (QED) is 0.738. The van der Waals surface area contributed by atoms with Gasteiger partial charge in [-0.3, -0.25) is 4.79 Å². The van der Waals surface area contributed by atoms with Gasteiger partial charge in [0.1, 0.15) is 6.04 Å². The maximum absolute atomic E-state index is 11.7. The molecule has 5 nitrogen and oxygen atoms in total. The number of amides is 1. The highest BCUT2D eigenvalue weighted by atomic mass is 16.2. The predicted octanol–water partition coefficient (Wildman–Crippen LogP) is -0.178. The van der Waals surface area contributed by atoms with Crippen LogP contribution in [0.15, 0.2) is 24.3 Å². The summed E-state index contributed by atoms with van der Waals surface area (Å²) in [5, 5.41) is 11.6. The Morgan fingerprint density at radius 2 is 2.41 bits per heavy atom. The van der Waals surface area contributed by atoms with Crippen molar-refractivity contribution >= 4 is 11.6 Å². The number of carbonyl (C=O) groups excluding carboxylic acids is 1. The van der Waals surface area contributed by atoms with Crippen LogP contribution < -0.4 is 16.0 Å². The molecule has 88 valence electrons. The van der Waals surface area contributed by atoms with Crippen LogP contribution in [-0.2, 0) is 4.79 Å². The van der Waals surface area contributed by atoms with Crippen LogP contribution in [0.1, 0.15) is 5.56 Å². The van der Waals surface area contributed by atoms with E-state index < -0.39 is 0 Å². The van der Waals surface area contributed by atoms with Gasteiger partial charge >= 0.3 is 0 Å². The molecule has 1 amide bonds. The Labute approximate surface area is 99.8 Å². The first-order valence-electron chi connectivity index (χ1n) is 5.51. The van der Waals surface area contributed by atoms with Crippen LogP contribution in [0.2, 0.25) is 0 Å². The SMILES string of the molecule is N#Cc1cccc(N2CCNC(=O)C2CN)c1. The summed E-state index contributed by atoms with van der Waals surface area (Å²) in [5.41, 5.74) is 7.08. The minimum Gasteiger partial charge on any atom is -0.357 e. The number of rotatable bonds is 2. The van der Waals surface area contributed by atoms with E-state index in [-0.39, 0.29) is 18.5 Å². The van der Waals surface area contributed by atoms with Crippen molar-refractivity contribution in [3.8, 4) is 6.07 Å². The molecule has 1 unspecified atom stereocenters. The molecule has 3 N–H and O–H groups in total. The van der Waals surface area contributed by atoms with Gasteiger partial charge < -0.3 is 16.0 Å². The molecule has 1 aliphatic heterocycles. The van der Waals surface area contributed by atoms with Gasteiger partial charge in [0.25, 0.3) is 0 Å². The van der Waals surface area contributed by atoms with Gasteiger partial charge in [-0.2, -0.15) is 5.26 Å². The maximum atomic E-state index is 11.7. The molecule has 1 aliphatic rings. The molecule has 1 atom stereocenters. The van der Waals surface area contributed by atoms with Gasteiger partial charge in [0.15, 0.2) is 0 Å². The smallest absolute Gasteiger partial charge is 0.244 e. The van der Waals surface area contributed by atoms with E-state index in [0.717, 1.165) is 5.69 Å². The minimum atomic E-state index is -0.349. The fraction of sp³-hybridized carbons (Fsp3) is 0.333. The molecule has 1 heterocycles. The number of hydrogen-bond acceptors (Lipinski definition) is 4. The van der Waals surface area contributed by atoms with E-state index in [9.17, 15) is 4.79 Å². The third kappa shape index (κ3) is 2.22. The van der Waals surface area contributed by atoms with E-state index in [2.05, 4.69) is 11.4 Å². The summed E-state index contributed by atoms with van der Waals surface area (Å²) >= 11 is 0. The van der Waals surface area contributed by atoms with E-state index in [1.165, 1.54) is 0 Å². The van der Waals surface area contributed by atoms with Crippen LogP contribution in [0.4, 0.5) is 5.69 Å². The largest absolute Gasteiger partial charge is 0.357 e. The topological polar surface area (TPSA) is 82.2 Å². The molecule has 0 radical (unpaired) electrons. The van der Waals surface area contributed by atoms with Gasteiger partial charge in [-0.05, 0) is 18.2 Å². The third-order valence-electron chi connectivity index (χ3n) is 2.86. The average molecular weight is 230 g/mol. The van der Waals surface area contributed by atoms with Crippen molar-refractivity contribution in [1.29, 1.82) is 5.26 Å². The molecular weight excluding hydrogens is 216 g/mol. The monoisotopic (exact) mass is 230 g/mol.